The van der Waals surface area contributed by atoms with Crippen LogP contribution in [-0.4, -0.2) is 121 Å². The van der Waals surface area contributed by atoms with Crippen LogP contribution in [0.1, 0.15) is 65.7 Å². The normalized spacial score (nSPS) is 35.5. The number of likely N-dealkylation sites (tertiary alicyclic amines) is 1. The van der Waals surface area contributed by atoms with E-state index in [1.807, 2.05) is 25.7 Å². The van der Waals surface area contributed by atoms with Crippen molar-refractivity contribution in [3.63, 3.8) is 0 Å². The zero-order valence-electron chi connectivity index (χ0n) is 24.5. The number of amides is 1. The number of aliphatic imine (C=N–C) groups is 4. The maximum Gasteiger partial charge on any atom is 0.410 e. The highest BCUT2D eigenvalue weighted by atomic mass is 16.6. The molecule has 6 unspecified atom stereocenters. The van der Waals surface area contributed by atoms with E-state index >= 15 is 0 Å². The second-order valence-electron chi connectivity index (χ2n) is 13.4. The molecule has 0 bridgehead atoms. The number of hydrogen-bond donors (Lipinski definition) is 2. The van der Waals surface area contributed by atoms with Crippen LogP contribution in [0.5, 0.6) is 0 Å². The molecule has 5 aliphatic heterocycles. The number of ether oxygens (including phenoxy) is 1. The third-order valence-electron chi connectivity index (χ3n) is 9.24. The van der Waals surface area contributed by atoms with Gasteiger partial charge in [-0.15, -0.1) is 0 Å². The summed E-state index contributed by atoms with van der Waals surface area (Å²) in [6.07, 6.45) is 11.3. The van der Waals surface area contributed by atoms with Gasteiger partial charge in [0.1, 0.15) is 23.9 Å². The first-order valence-corrected chi connectivity index (χ1v) is 15.4. The van der Waals surface area contributed by atoms with Crippen LogP contribution in [0.3, 0.4) is 0 Å². The summed E-state index contributed by atoms with van der Waals surface area (Å²) in [5.41, 5.74) is -0.453. The number of nitrogens with zero attached hydrogens (tertiary/aromatic N) is 7. The van der Waals surface area contributed by atoms with Gasteiger partial charge in [0.05, 0.1) is 6.04 Å². The van der Waals surface area contributed by atoms with Crippen molar-refractivity contribution in [1.82, 2.24) is 25.3 Å². The number of fused-ring (bicyclic) bond motifs is 1. The topological polar surface area (TPSA) is 110 Å². The van der Waals surface area contributed by atoms with E-state index in [2.05, 4.69) is 31.6 Å². The van der Waals surface area contributed by atoms with Crippen molar-refractivity contribution in [2.45, 2.75) is 95.6 Å². The molecule has 1 saturated carbocycles. The number of carbonyl (C=O) groups excluding carboxylic acids is 1. The van der Waals surface area contributed by atoms with Crippen molar-refractivity contribution in [3.8, 4) is 0 Å². The van der Waals surface area contributed by atoms with Gasteiger partial charge in [-0.2, -0.15) is 0 Å². The Kier molecular flexibility index (Phi) is 8.01. The van der Waals surface area contributed by atoms with Gasteiger partial charge in [0.25, 0.3) is 0 Å². The number of nitrogens with one attached hydrogen (secondary N) is 2. The van der Waals surface area contributed by atoms with Crippen molar-refractivity contribution in [3.05, 3.63) is 0 Å². The van der Waals surface area contributed by atoms with Gasteiger partial charge in [-0.1, -0.05) is 0 Å². The number of guanidine groups is 1. The third kappa shape index (κ3) is 6.61. The van der Waals surface area contributed by atoms with Crippen LogP contribution in [0, 0.1) is 11.8 Å². The third-order valence-corrected chi connectivity index (χ3v) is 9.24. The van der Waals surface area contributed by atoms with Gasteiger partial charge >= 0.3 is 6.09 Å². The summed E-state index contributed by atoms with van der Waals surface area (Å²) in [5.74, 6) is 3.27. The van der Waals surface area contributed by atoms with Gasteiger partial charge in [0.2, 0.25) is 0 Å². The Morgan fingerprint density at radius 3 is 2.60 bits per heavy atom. The molecule has 1 amide bonds. The fraction of sp³-hybridized carbons (Fsp3) is 0.828. The molecular weight excluding hydrogens is 506 g/mol. The molecule has 11 heteroatoms. The van der Waals surface area contributed by atoms with E-state index in [1.165, 1.54) is 18.7 Å². The first kappa shape index (κ1) is 27.5. The van der Waals surface area contributed by atoms with Gasteiger partial charge in [-0.05, 0) is 71.1 Å². The highest BCUT2D eigenvalue weighted by Gasteiger charge is 2.40. The predicted octanol–water partition coefficient (Wildman–Crippen LogP) is 2.34. The van der Waals surface area contributed by atoms with Crippen LogP contribution in [-0.2, 0) is 4.74 Å². The molecule has 0 aromatic rings. The maximum absolute atomic E-state index is 12.4. The van der Waals surface area contributed by atoms with E-state index in [0.29, 0.717) is 30.0 Å². The summed E-state index contributed by atoms with van der Waals surface area (Å²) in [4.78, 5) is 38.2. The molecule has 6 atom stereocenters. The number of amidine groups is 1. The first-order valence-electron chi connectivity index (χ1n) is 15.4. The molecule has 2 N–H and O–H groups in total. The largest absolute Gasteiger partial charge is 0.444 e. The monoisotopic (exact) mass is 553 g/mol. The summed E-state index contributed by atoms with van der Waals surface area (Å²) < 4.78 is 5.54. The van der Waals surface area contributed by atoms with E-state index in [9.17, 15) is 4.79 Å². The van der Waals surface area contributed by atoms with Gasteiger partial charge < -0.3 is 25.2 Å². The molecule has 4 fully saturated rings. The standard InChI is InChI=1S/C29H47N9O2/c1-29(2,3)40-28(39)38-13-11-36(12-14-38)18-20-7-8-30-25(15-20)35-27-33-22-6-5-21(16-24(22)34-27)23-17-26(32-19-31-23)37-9-4-10-37/h8,19-25H,4-7,9-18H2,1-3H3,(H2,33,34,35). The SMILES string of the molecule is CC(C)(C)OC(=O)N1CCN(CC2CC=NC(N=C3NC4CCC(C5CC(N6CCC6)=NC=N5)CC4N3)C2)CC1. The molecule has 220 valence electrons. The number of rotatable bonds is 4. The maximum atomic E-state index is 12.4. The van der Waals surface area contributed by atoms with Crippen molar-refractivity contribution in [2.75, 3.05) is 45.8 Å². The second-order valence-corrected chi connectivity index (χ2v) is 13.4. The Balaban J connectivity index is 0.956. The summed E-state index contributed by atoms with van der Waals surface area (Å²) in [5, 5.41) is 7.38. The van der Waals surface area contributed by atoms with E-state index < -0.39 is 5.60 Å². The van der Waals surface area contributed by atoms with Gasteiger partial charge in [0, 0.05) is 70.5 Å². The zero-order valence-corrected chi connectivity index (χ0v) is 24.5. The molecule has 3 saturated heterocycles. The molecule has 40 heavy (non-hydrogen) atoms. The lowest BCUT2D eigenvalue weighted by Crippen LogP contribution is -2.51. The van der Waals surface area contributed by atoms with E-state index in [0.717, 1.165) is 83.9 Å². The summed E-state index contributed by atoms with van der Waals surface area (Å²) >= 11 is 0. The van der Waals surface area contributed by atoms with E-state index in [1.54, 1.807) is 6.34 Å². The molecule has 0 spiro atoms. The van der Waals surface area contributed by atoms with Crippen LogP contribution < -0.4 is 10.6 Å². The average Bonchev–Trinajstić information content (AvgIpc) is 3.29. The minimum Gasteiger partial charge on any atom is -0.444 e. The fourth-order valence-electron chi connectivity index (χ4n) is 6.88. The Hall–Kier alpha value is -2.69. The number of hydrogen-bond acceptors (Lipinski definition) is 8. The van der Waals surface area contributed by atoms with Crippen molar-refractivity contribution >= 4 is 30.4 Å². The Labute approximate surface area is 238 Å². The summed E-state index contributed by atoms with van der Waals surface area (Å²) in [6, 6.07) is 1.20. The van der Waals surface area contributed by atoms with Gasteiger partial charge in [-0.25, -0.2) is 14.8 Å². The van der Waals surface area contributed by atoms with Crippen LogP contribution in [0.4, 0.5) is 4.79 Å². The predicted molar refractivity (Wildman–Crippen MR) is 158 cm³/mol. The lowest BCUT2D eigenvalue weighted by Gasteiger charge is -2.39. The summed E-state index contributed by atoms with van der Waals surface area (Å²) in [7, 11) is 0. The van der Waals surface area contributed by atoms with Crippen molar-refractivity contribution in [1.29, 1.82) is 0 Å². The van der Waals surface area contributed by atoms with Crippen LogP contribution in [0.15, 0.2) is 20.0 Å². The lowest BCUT2D eigenvalue weighted by atomic mass is 9.78. The quantitative estimate of drug-likeness (QED) is 0.553. The minimum atomic E-state index is -0.453. The molecule has 0 aromatic carbocycles. The minimum absolute atomic E-state index is 0.0361. The average molecular weight is 554 g/mol. The lowest BCUT2D eigenvalue weighted by molar-refractivity contribution is 0.0132. The number of piperazine rings is 1. The zero-order chi connectivity index (χ0) is 27.7. The van der Waals surface area contributed by atoms with Gasteiger partial charge in [-0.3, -0.25) is 14.9 Å². The fourth-order valence-corrected chi connectivity index (χ4v) is 6.88. The Morgan fingerprint density at radius 2 is 1.85 bits per heavy atom. The molecular formula is C29H47N9O2. The molecule has 0 radical (unpaired) electrons. The van der Waals surface area contributed by atoms with Crippen LogP contribution in [0.2, 0.25) is 0 Å². The molecule has 6 rings (SSSR count). The highest BCUT2D eigenvalue weighted by molar-refractivity contribution is 5.91. The van der Waals surface area contributed by atoms with E-state index in [-0.39, 0.29) is 12.3 Å². The first-order chi connectivity index (χ1) is 19.3. The molecule has 0 aromatic heterocycles. The molecule has 5 heterocycles. The Morgan fingerprint density at radius 1 is 1.05 bits per heavy atom. The smallest absolute Gasteiger partial charge is 0.410 e. The molecule has 6 aliphatic rings. The van der Waals surface area contributed by atoms with Gasteiger partial charge in [0.15, 0.2) is 5.96 Å². The molecule has 1 aliphatic carbocycles. The molecule has 11 nitrogen and oxygen atoms in total. The van der Waals surface area contributed by atoms with Crippen LogP contribution >= 0.6 is 0 Å². The number of carbonyl (C=O) groups is 1. The second kappa shape index (κ2) is 11.7. The Bertz CT molecular complexity index is 1040. The van der Waals surface area contributed by atoms with E-state index in [4.69, 9.17) is 19.7 Å². The van der Waals surface area contributed by atoms with Crippen molar-refractivity contribution in [2.24, 2.45) is 31.8 Å². The van der Waals surface area contributed by atoms with Crippen LogP contribution in [0.25, 0.3) is 0 Å². The van der Waals surface area contributed by atoms with Crippen molar-refractivity contribution < 1.29 is 9.53 Å². The highest BCUT2D eigenvalue weighted by Crippen LogP contribution is 2.33. The summed E-state index contributed by atoms with van der Waals surface area (Å²) in [6.45, 7) is 12.3.